The lowest BCUT2D eigenvalue weighted by Crippen LogP contribution is -2.37. The number of hydrogen-bond acceptors (Lipinski definition) is 8. The number of pyridine rings is 1. The predicted molar refractivity (Wildman–Crippen MR) is 183 cm³/mol. The van der Waals surface area contributed by atoms with Gasteiger partial charge >= 0.3 is 0 Å². The van der Waals surface area contributed by atoms with E-state index in [0.717, 1.165) is 59.0 Å². The summed E-state index contributed by atoms with van der Waals surface area (Å²) in [7, 11) is 3.77. The molecule has 1 saturated carbocycles. The van der Waals surface area contributed by atoms with Gasteiger partial charge in [0, 0.05) is 55.6 Å². The molecule has 11 nitrogen and oxygen atoms in total. The molecule has 1 atom stereocenters. The summed E-state index contributed by atoms with van der Waals surface area (Å²) in [6.07, 6.45) is 10.5. The van der Waals surface area contributed by atoms with Gasteiger partial charge < -0.3 is 10.6 Å². The monoisotopic (exact) mass is 636 g/mol. The number of nitriles is 1. The van der Waals surface area contributed by atoms with Crippen LogP contribution in [0.3, 0.4) is 0 Å². The molecule has 1 aliphatic rings. The molecule has 2 N–H and O–H groups in total. The van der Waals surface area contributed by atoms with Gasteiger partial charge in [-0.25, -0.2) is 9.97 Å². The summed E-state index contributed by atoms with van der Waals surface area (Å²) in [6.45, 7) is 0.463. The third-order valence-corrected chi connectivity index (χ3v) is 9.20. The van der Waals surface area contributed by atoms with Crippen LogP contribution in [-0.2, 0) is 25.4 Å². The molecule has 6 aromatic rings. The summed E-state index contributed by atoms with van der Waals surface area (Å²) >= 11 is 0. The number of aryl methyl sites for hydroxylation is 2. The Morgan fingerprint density at radius 1 is 0.917 bits per heavy atom. The molecule has 0 radical (unpaired) electrons. The van der Waals surface area contributed by atoms with E-state index in [1.807, 2.05) is 99.4 Å². The quantitative estimate of drug-likeness (QED) is 0.204. The van der Waals surface area contributed by atoms with Gasteiger partial charge in [-0.05, 0) is 49.3 Å². The van der Waals surface area contributed by atoms with Crippen molar-refractivity contribution in [3.63, 3.8) is 0 Å². The lowest BCUT2D eigenvalue weighted by atomic mass is 9.76. The number of benzene rings is 2. The predicted octanol–water partition coefficient (Wildman–Crippen LogP) is 5.77. The number of nitrogens with one attached hydrogen (secondary N) is 2. The molecule has 1 amide bonds. The number of fused-ring (bicyclic) bond motifs is 1. The Bertz CT molecular complexity index is 2090. The molecule has 11 heteroatoms. The lowest BCUT2D eigenvalue weighted by Gasteiger charge is -2.33. The van der Waals surface area contributed by atoms with Crippen molar-refractivity contribution in [3.05, 3.63) is 108 Å². The SMILES string of the molecule is Cn1cc(-c2ccc(C(C(=O)NCc3ccccc3)C3CCC(Nc4ncc(C#N)c(-c5nn(C)c6ccccc56)n4)CC3)nc2)cn1. The molecule has 0 saturated heterocycles. The highest BCUT2D eigenvalue weighted by atomic mass is 16.1. The number of rotatable bonds is 9. The minimum atomic E-state index is -0.382. The summed E-state index contributed by atoms with van der Waals surface area (Å²) in [6, 6.07) is 24.2. The number of para-hydroxylation sites is 1. The molecule has 240 valence electrons. The number of hydrogen-bond donors (Lipinski definition) is 2. The fraction of sp³-hybridized carbons (Fsp3) is 0.270. The van der Waals surface area contributed by atoms with Gasteiger partial charge in [-0.15, -0.1) is 0 Å². The number of aromatic nitrogens is 7. The van der Waals surface area contributed by atoms with Crippen molar-refractivity contribution in [2.75, 3.05) is 5.32 Å². The summed E-state index contributed by atoms with van der Waals surface area (Å²) in [4.78, 5) is 27.9. The molecular weight excluding hydrogens is 600 g/mol. The maximum atomic E-state index is 13.8. The van der Waals surface area contributed by atoms with E-state index in [2.05, 4.69) is 31.9 Å². The van der Waals surface area contributed by atoms with E-state index in [9.17, 15) is 10.1 Å². The molecule has 2 aromatic carbocycles. The van der Waals surface area contributed by atoms with Crippen LogP contribution in [0.5, 0.6) is 0 Å². The van der Waals surface area contributed by atoms with Crippen molar-refractivity contribution in [2.24, 2.45) is 20.0 Å². The highest BCUT2D eigenvalue weighted by molar-refractivity contribution is 5.93. The smallest absolute Gasteiger partial charge is 0.229 e. The van der Waals surface area contributed by atoms with E-state index in [1.54, 1.807) is 15.6 Å². The third kappa shape index (κ3) is 6.37. The zero-order chi connectivity index (χ0) is 33.0. The molecular formula is C37H36N10O. The van der Waals surface area contributed by atoms with Crippen LogP contribution in [0.25, 0.3) is 33.4 Å². The van der Waals surface area contributed by atoms with Crippen LogP contribution in [0.15, 0.2) is 91.5 Å². The number of nitrogens with zero attached hydrogens (tertiary/aromatic N) is 8. The summed E-state index contributed by atoms with van der Waals surface area (Å²) < 4.78 is 3.57. The molecule has 7 rings (SSSR count). The molecule has 1 unspecified atom stereocenters. The largest absolute Gasteiger partial charge is 0.351 e. The maximum Gasteiger partial charge on any atom is 0.229 e. The first kappa shape index (κ1) is 30.7. The van der Waals surface area contributed by atoms with Crippen molar-refractivity contribution in [1.82, 2.24) is 39.8 Å². The van der Waals surface area contributed by atoms with Crippen LogP contribution < -0.4 is 10.6 Å². The number of carbonyl (C=O) groups is 1. The normalized spacial score (nSPS) is 16.7. The van der Waals surface area contributed by atoms with E-state index in [0.29, 0.717) is 29.4 Å². The first-order valence-electron chi connectivity index (χ1n) is 16.2. The molecule has 4 heterocycles. The van der Waals surface area contributed by atoms with Gasteiger partial charge in [-0.3, -0.25) is 19.1 Å². The van der Waals surface area contributed by atoms with Gasteiger partial charge in [0.2, 0.25) is 11.9 Å². The zero-order valence-corrected chi connectivity index (χ0v) is 26.9. The minimum absolute atomic E-state index is 0.0143. The topological polar surface area (TPSA) is 139 Å². The number of carbonyl (C=O) groups excluding carboxylic acids is 1. The average Bonchev–Trinajstić information content (AvgIpc) is 3.71. The van der Waals surface area contributed by atoms with Crippen LogP contribution >= 0.6 is 0 Å². The van der Waals surface area contributed by atoms with Crippen molar-refractivity contribution < 1.29 is 4.79 Å². The maximum absolute atomic E-state index is 13.8. The van der Waals surface area contributed by atoms with Crippen LogP contribution in [0, 0.1) is 17.2 Å². The summed E-state index contributed by atoms with van der Waals surface area (Å²) in [5.41, 5.74) is 6.28. The van der Waals surface area contributed by atoms with Crippen LogP contribution in [0.4, 0.5) is 5.95 Å². The average molecular weight is 637 g/mol. The second-order valence-electron chi connectivity index (χ2n) is 12.4. The fourth-order valence-corrected chi connectivity index (χ4v) is 6.70. The van der Waals surface area contributed by atoms with E-state index in [-0.39, 0.29) is 23.8 Å². The van der Waals surface area contributed by atoms with E-state index >= 15 is 0 Å². The highest BCUT2D eigenvalue weighted by Crippen LogP contribution is 2.37. The first-order valence-corrected chi connectivity index (χ1v) is 16.2. The van der Waals surface area contributed by atoms with Crippen molar-refractivity contribution in [1.29, 1.82) is 5.26 Å². The Morgan fingerprint density at radius 2 is 1.71 bits per heavy atom. The molecule has 4 aromatic heterocycles. The number of anilines is 1. The van der Waals surface area contributed by atoms with Gasteiger partial charge in [0.15, 0.2) is 0 Å². The standard InChI is InChI=1S/C37H36N10O/c1-46-23-28(22-42-46)26-14-17-31(39-20-26)33(36(48)40-19-24-8-4-3-5-9-24)25-12-15-29(16-13-25)43-37-41-21-27(18-38)34(44-37)35-30-10-6-7-11-32(30)47(2)45-35/h3-11,14,17,20-23,25,29,33H,12-13,15-16,19H2,1-2H3,(H,40,48)(H,41,43,44). The Morgan fingerprint density at radius 3 is 2.44 bits per heavy atom. The molecule has 0 spiro atoms. The summed E-state index contributed by atoms with van der Waals surface area (Å²) in [5.74, 6) is 0.187. The molecule has 1 fully saturated rings. The lowest BCUT2D eigenvalue weighted by molar-refractivity contribution is -0.124. The Labute approximate surface area is 278 Å². The van der Waals surface area contributed by atoms with Gasteiger partial charge in [0.25, 0.3) is 0 Å². The molecule has 0 bridgehead atoms. The van der Waals surface area contributed by atoms with E-state index < -0.39 is 0 Å². The van der Waals surface area contributed by atoms with E-state index in [4.69, 9.17) is 9.97 Å². The van der Waals surface area contributed by atoms with Crippen LogP contribution in [-0.4, -0.2) is 46.5 Å². The molecule has 1 aliphatic carbocycles. The third-order valence-electron chi connectivity index (χ3n) is 9.20. The first-order chi connectivity index (χ1) is 23.5. The van der Waals surface area contributed by atoms with Gasteiger partial charge in [-0.2, -0.15) is 15.5 Å². The Balaban J connectivity index is 1.08. The van der Waals surface area contributed by atoms with E-state index in [1.165, 1.54) is 0 Å². The zero-order valence-electron chi connectivity index (χ0n) is 26.9. The second-order valence-corrected chi connectivity index (χ2v) is 12.4. The van der Waals surface area contributed by atoms with Crippen molar-refractivity contribution >= 4 is 22.8 Å². The molecule has 0 aliphatic heterocycles. The highest BCUT2D eigenvalue weighted by Gasteiger charge is 2.34. The van der Waals surface area contributed by atoms with Gasteiger partial charge in [-0.1, -0.05) is 54.6 Å². The van der Waals surface area contributed by atoms with Crippen LogP contribution in [0.1, 0.15) is 48.4 Å². The minimum Gasteiger partial charge on any atom is -0.351 e. The van der Waals surface area contributed by atoms with Crippen molar-refractivity contribution in [3.8, 4) is 28.6 Å². The Kier molecular flexibility index (Phi) is 8.62. The van der Waals surface area contributed by atoms with Gasteiger partial charge in [0.1, 0.15) is 17.5 Å². The van der Waals surface area contributed by atoms with Crippen LogP contribution in [0.2, 0.25) is 0 Å². The Hall–Kier alpha value is -5.89. The van der Waals surface area contributed by atoms with Gasteiger partial charge in [0.05, 0.1) is 35.1 Å². The van der Waals surface area contributed by atoms with Crippen molar-refractivity contribution in [2.45, 2.75) is 44.2 Å². The second kappa shape index (κ2) is 13.5. The number of amides is 1. The molecule has 48 heavy (non-hydrogen) atoms. The summed E-state index contributed by atoms with van der Waals surface area (Å²) in [5, 5.41) is 26.4. The fourth-order valence-electron chi connectivity index (χ4n) is 6.70.